The number of ether oxygens (including phenoxy) is 1. The van der Waals surface area contributed by atoms with Gasteiger partial charge >= 0.3 is 0 Å². The lowest BCUT2D eigenvalue weighted by atomic mass is 9.83. The number of methoxy groups -OCH3 is 1. The molecule has 1 aromatic rings. The maximum Gasteiger partial charge on any atom is 0.122 e. The molecule has 0 aliphatic heterocycles. The fourth-order valence-electron chi connectivity index (χ4n) is 3.64. The Morgan fingerprint density at radius 3 is 2.47 bits per heavy atom. The summed E-state index contributed by atoms with van der Waals surface area (Å²) in [6.07, 6.45) is 4.09. The van der Waals surface area contributed by atoms with Gasteiger partial charge in [-0.05, 0) is 61.9 Å². The van der Waals surface area contributed by atoms with Crippen molar-refractivity contribution < 1.29 is 4.74 Å². The number of hydrogen-bond acceptors (Lipinski definition) is 2. The van der Waals surface area contributed by atoms with Gasteiger partial charge in [0.1, 0.15) is 5.75 Å². The van der Waals surface area contributed by atoms with Crippen LogP contribution in [0.2, 0.25) is 0 Å². The zero-order chi connectivity index (χ0) is 14.0. The zero-order valence-electron chi connectivity index (χ0n) is 12.9. The Hall–Kier alpha value is -1.02. The molecule has 0 radical (unpaired) electrons. The molecule has 1 aliphatic carbocycles. The fraction of sp³-hybridized carbons (Fsp3) is 0.647. The molecule has 1 saturated carbocycles. The Kier molecular flexibility index (Phi) is 4.51. The van der Waals surface area contributed by atoms with Crippen LogP contribution in [0.1, 0.15) is 48.9 Å². The molecule has 1 N–H and O–H groups in total. The van der Waals surface area contributed by atoms with E-state index in [-0.39, 0.29) is 0 Å². The zero-order valence-corrected chi connectivity index (χ0v) is 12.9. The minimum atomic E-state index is 0.474. The van der Waals surface area contributed by atoms with Crippen LogP contribution in [0.3, 0.4) is 0 Å². The Bertz CT molecular complexity index is 441. The molecule has 3 unspecified atom stereocenters. The van der Waals surface area contributed by atoms with Gasteiger partial charge in [-0.3, -0.25) is 0 Å². The van der Waals surface area contributed by atoms with Gasteiger partial charge in [0.15, 0.2) is 0 Å². The van der Waals surface area contributed by atoms with Crippen LogP contribution in [-0.2, 0) is 0 Å². The van der Waals surface area contributed by atoms with Crippen LogP contribution in [-0.4, -0.2) is 14.2 Å². The lowest BCUT2D eigenvalue weighted by Crippen LogP contribution is -2.27. The first-order valence-electron chi connectivity index (χ1n) is 7.40. The van der Waals surface area contributed by atoms with Gasteiger partial charge in [0.2, 0.25) is 0 Å². The van der Waals surface area contributed by atoms with Crippen molar-refractivity contribution in [2.24, 2.45) is 11.8 Å². The summed E-state index contributed by atoms with van der Waals surface area (Å²) < 4.78 is 5.42. The summed E-state index contributed by atoms with van der Waals surface area (Å²) in [6.45, 7) is 6.72. The highest BCUT2D eigenvalue weighted by Crippen LogP contribution is 2.41. The van der Waals surface area contributed by atoms with Gasteiger partial charge in [0, 0.05) is 6.04 Å². The first-order valence-corrected chi connectivity index (χ1v) is 7.40. The van der Waals surface area contributed by atoms with Crippen molar-refractivity contribution in [1.82, 2.24) is 5.32 Å². The maximum atomic E-state index is 5.42. The molecule has 0 bridgehead atoms. The third-order valence-corrected chi connectivity index (χ3v) is 4.79. The molecule has 0 saturated heterocycles. The highest BCUT2D eigenvalue weighted by atomic mass is 16.5. The molecule has 0 amide bonds. The minimum Gasteiger partial charge on any atom is -0.496 e. The highest BCUT2D eigenvalue weighted by molar-refractivity contribution is 5.43. The second-order valence-corrected chi connectivity index (χ2v) is 6.02. The monoisotopic (exact) mass is 261 g/mol. The highest BCUT2D eigenvalue weighted by Gasteiger charge is 2.31. The lowest BCUT2D eigenvalue weighted by molar-refractivity contribution is 0.314. The van der Waals surface area contributed by atoms with Crippen LogP contribution in [0.15, 0.2) is 12.1 Å². The van der Waals surface area contributed by atoms with Crippen LogP contribution in [0.4, 0.5) is 0 Å². The van der Waals surface area contributed by atoms with E-state index in [0.29, 0.717) is 6.04 Å². The number of hydrogen-bond donors (Lipinski definition) is 1. The van der Waals surface area contributed by atoms with E-state index >= 15 is 0 Å². The van der Waals surface area contributed by atoms with Crippen LogP contribution in [0, 0.1) is 25.7 Å². The first kappa shape index (κ1) is 14.4. The molecule has 0 heterocycles. The van der Waals surface area contributed by atoms with Gasteiger partial charge in [-0.15, -0.1) is 0 Å². The van der Waals surface area contributed by atoms with E-state index in [1.165, 1.54) is 36.0 Å². The fourth-order valence-corrected chi connectivity index (χ4v) is 3.64. The standard InChI is InChI=1S/C17H27NO/c1-11-7-6-8-14(11)17(18-4)15-9-13(3)16(19-5)10-12(15)2/h9-11,14,17-18H,6-8H2,1-5H3. The molecule has 106 valence electrons. The van der Waals surface area contributed by atoms with Crippen LogP contribution >= 0.6 is 0 Å². The molecule has 2 rings (SSSR count). The van der Waals surface area contributed by atoms with Crippen molar-refractivity contribution in [1.29, 1.82) is 0 Å². The normalized spacial score (nSPS) is 24.5. The predicted octanol–water partition coefficient (Wildman–Crippen LogP) is 4.01. The quantitative estimate of drug-likeness (QED) is 0.884. The number of rotatable bonds is 4. The van der Waals surface area contributed by atoms with Gasteiger partial charge in [-0.2, -0.15) is 0 Å². The summed E-state index contributed by atoms with van der Waals surface area (Å²) in [7, 11) is 3.84. The summed E-state index contributed by atoms with van der Waals surface area (Å²) >= 11 is 0. The first-order chi connectivity index (χ1) is 9.08. The summed E-state index contributed by atoms with van der Waals surface area (Å²) in [6, 6.07) is 4.96. The average molecular weight is 261 g/mol. The number of benzene rings is 1. The van der Waals surface area contributed by atoms with Crippen LogP contribution < -0.4 is 10.1 Å². The summed E-state index contributed by atoms with van der Waals surface area (Å²) in [5, 5.41) is 3.56. The van der Waals surface area contributed by atoms with E-state index in [2.05, 4.69) is 45.3 Å². The molecule has 2 heteroatoms. The minimum absolute atomic E-state index is 0.474. The second-order valence-electron chi connectivity index (χ2n) is 6.02. The van der Waals surface area contributed by atoms with Gasteiger partial charge in [-0.1, -0.05) is 25.8 Å². The Balaban J connectivity index is 2.35. The van der Waals surface area contributed by atoms with E-state index in [1.807, 2.05) is 0 Å². The van der Waals surface area contributed by atoms with Gasteiger partial charge < -0.3 is 10.1 Å². The van der Waals surface area contributed by atoms with Crippen molar-refractivity contribution in [2.45, 2.75) is 46.1 Å². The van der Waals surface area contributed by atoms with E-state index in [0.717, 1.165) is 17.6 Å². The smallest absolute Gasteiger partial charge is 0.122 e. The topological polar surface area (TPSA) is 21.3 Å². The molecule has 2 nitrogen and oxygen atoms in total. The summed E-state index contributed by atoms with van der Waals surface area (Å²) in [4.78, 5) is 0. The average Bonchev–Trinajstić information content (AvgIpc) is 2.80. The molecule has 1 aromatic carbocycles. The van der Waals surface area contributed by atoms with Gasteiger partial charge in [0.05, 0.1) is 7.11 Å². The van der Waals surface area contributed by atoms with Crippen molar-refractivity contribution in [2.75, 3.05) is 14.2 Å². The maximum absolute atomic E-state index is 5.42. The molecule has 1 aliphatic rings. The second kappa shape index (κ2) is 5.96. The van der Waals surface area contributed by atoms with Gasteiger partial charge in [-0.25, -0.2) is 0 Å². The largest absolute Gasteiger partial charge is 0.496 e. The predicted molar refractivity (Wildman–Crippen MR) is 80.8 cm³/mol. The number of nitrogens with one attached hydrogen (secondary N) is 1. The van der Waals surface area contributed by atoms with E-state index in [9.17, 15) is 0 Å². The van der Waals surface area contributed by atoms with E-state index in [1.54, 1.807) is 7.11 Å². The van der Waals surface area contributed by atoms with E-state index < -0.39 is 0 Å². The van der Waals surface area contributed by atoms with Gasteiger partial charge in [0.25, 0.3) is 0 Å². The molecular weight excluding hydrogens is 234 g/mol. The lowest BCUT2D eigenvalue weighted by Gasteiger charge is -2.29. The third-order valence-electron chi connectivity index (χ3n) is 4.79. The summed E-state index contributed by atoms with van der Waals surface area (Å²) in [5.41, 5.74) is 4.01. The molecule has 3 atom stereocenters. The SMILES string of the molecule is CNC(c1cc(C)c(OC)cc1C)C1CCCC1C. The van der Waals surface area contributed by atoms with Crippen molar-refractivity contribution >= 4 is 0 Å². The molecule has 0 aromatic heterocycles. The third kappa shape index (κ3) is 2.79. The van der Waals surface area contributed by atoms with Crippen LogP contribution in [0.5, 0.6) is 5.75 Å². The summed E-state index contributed by atoms with van der Waals surface area (Å²) in [5.74, 6) is 2.58. The van der Waals surface area contributed by atoms with E-state index in [4.69, 9.17) is 4.74 Å². The Morgan fingerprint density at radius 1 is 1.21 bits per heavy atom. The molecular formula is C17H27NO. The molecule has 1 fully saturated rings. The van der Waals surface area contributed by atoms with Crippen molar-refractivity contribution in [3.05, 3.63) is 28.8 Å². The van der Waals surface area contributed by atoms with Crippen molar-refractivity contribution in [3.8, 4) is 5.75 Å². The van der Waals surface area contributed by atoms with Crippen molar-refractivity contribution in [3.63, 3.8) is 0 Å². The Morgan fingerprint density at radius 2 is 1.95 bits per heavy atom. The molecule has 0 spiro atoms. The van der Waals surface area contributed by atoms with Crippen LogP contribution in [0.25, 0.3) is 0 Å². The Labute approximate surface area is 117 Å². The number of aryl methyl sites for hydroxylation is 2. The molecule has 19 heavy (non-hydrogen) atoms.